The molecule has 76 valence electrons. The van der Waals surface area contributed by atoms with Crippen LogP contribution in [-0.2, 0) is 25.8 Å². The summed E-state index contributed by atoms with van der Waals surface area (Å²) in [7, 11) is 1.84. The first-order valence-corrected chi connectivity index (χ1v) is 5.88. The van der Waals surface area contributed by atoms with E-state index >= 15 is 0 Å². The Morgan fingerprint density at radius 3 is 3.14 bits per heavy atom. The van der Waals surface area contributed by atoms with Gasteiger partial charge in [0.05, 0.1) is 0 Å². The van der Waals surface area contributed by atoms with Crippen molar-refractivity contribution in [1.29, 1.82) is 0 Å². The lowest BCUT2D eigenvalue weighted by Crippen LogP contribution is -2.28. The number of nitrogens with two attached hydrogens (primary N) is 1. The summed E-state index contributed by atoms with van der Waals surface area (Å²) in [6.45, 7) is 0.338. The molecule has 0 atom stereocenters. The zero-order valence-corrected chi connectivity index (χ0v) is 9.06. The summed E-state index contributed by atoms with van der Waals surface area (Å²) in [5, 5.41) is 0. The lowest BCUT2D eigenvalue weighted by molar-refractivity contribution is 0.750. The number of aromatic nitrogens is 1. The molecule has 1 aromatic rings. The van der Waals surface area contributed by atoms with Gasteiger partial charge in [-0.1, -0.05) is 0 Å². The van der Waals surface area contributed by atoms with Crippen molar-refractivity contribution < 1.29 is 0 Å². The highest BCUT2D eigenvalue weighted by Crippen LogP contribution is 2.23. The Hall–Kier alpha value is -0.740. The number of hydrogen-bond acceptors (Lipinski definition) is 3. The topological polar surface area (TPSA) is 48.0 Å². The minimum atomic E-state index is 0.0677. The molecule has 0 spiro atoms. The van der Waals surface area contributed by atoms with Crippen LogP contribution < -0.4 is 11.3 Å². The van der Waals surface area contributed by atoms with Gasteiger partial charge in [-0.3, -0.25) is 4.79 Å². The van der Waals surface area contributed by atoms with Gasteiger partial charge in [0.15, 0.2) is 0 Å². The van der Waals surface area contributed by atoms with Gasteiger partial charge in [0.1, 0.15) is 0 Å². The predicted octanol–water partition coefficient (Wildman–Crippen LogP) is 0.633. The largest absolute Gasteiger partial charge is 0.326 e. The van der Waals surface area contributed by atoms with Crippen LogP contribution in [0.25, 0.3) is 0 Å². The number of nitrogens with zero attached hydrogens (tertiary/aromatic N) is 1. The predicted molar refractivity (Wildman–Crippen MR) is 59.4 cm³/mol. The molecule has 0 aromatic carbocycles. The standard InChI is InChI=1S/C10H14N2OS/c1-12-9-2-3-14-6-8(9)4-7(5-11)10(12)13/h4H,2-3,5-6,11H2,1H3. The quantitative estimate of drug-likeness (QED) is 0.739. The second kappa shape index (κ2) is 3.79. The van der Waals surface area contributed by atoms with Gasteiger partial charge >= 0.3 is 0 Å². The highest BCUT2D eigenvalue weighted by atomic mass is 32.2. The molecule has 0 radical (unpaired) electrons. The van der Waals surface area contributed by atoms with E-state index in [4.69, 9.17) is 5.73 Å². The van der Waals surface area contributed by atoms with Crippen LogP contribution in [0.15, 0.2) is 10.9 Å². The molecule has 1 aromatic heterocycles. The molecule has 3 nitrogen and oxygen atoms in total. The van der Waals surface area contributed by atoms with Gasteiger partial charge in [-0.25, -0.2) is 0 Å². The number of thioether (sulfide) groups is 1. The van der Waals surface area contributed by atoms with Crippen molar-refractivity contribution in [2.75, 3.05) is 5.75 Å². The fraction of sp³-hybridized carbons (Fsp3) is 0.500. The zero-order valence-electron chi connectivity index (χ0n) is 8.25. The summed E-state index contributed by atoms with van der Waals surface area (Å²) in [5.41, 5.74) is 8.80. The van der Waals surface area contributed by atoms with E-state index < -0.39 is 0 Å². The summed E-state index contributed by atoms with van der Waals surface area (Å²) in [6.07, 6.45) is 0.997. The Kier molecular flexibility index (Phi) is 2.65. The molecule has 14 heavy (non-hydrogen) atoms. The highest BCUT2D eigenvalue weighted by Gasteiger charge is 2.14. The molecule has 0 bridgehead atoms. The molecule has 2 heterocycles. The second-order valence-electron chi connectivity index (χ2n) is 3.51. The van der Waals surface area contributed by atoms with Gasteiger partial charge < -0.3 is 10.3 Å². The minimum absolute atomic E-state index is 0.0677. The monoisotopic (exact) mass is 210 g/mol. The van der Waals surface area contributed by atoms with Gasteiger partial charge in [-0.05, 0) is 23.8 Å². The molecule has 0 aliphatic carbocycles. The van der Waals surface area contributed by atoms with Gasteiger partial charge in [-0.15, -0.1) is 0 Å². The van der Waals surface area contributed by atoms with E-state index in [1.807, 2.05) is 24.9 Å². The summed E-state index contributed by atoms with van der Waals surface area (Å²) in [4.78, 5) is 11.7. The molecular weight excluding hydrogens is 196 g/mol. The van der Waals surface area contributed by atoms with Crippen LogP contribution >= 0.6 is 11.8 Å². The van der Waals surface area contributed by atoms with E-state index in [0.717, 1.165) is 23.5 Å². The van der Waals surface area contributed by atoms with Crippen molar-refractivity contribution in [2.45, 2.75) is 18.7 Å². The number of fused-ring (bicyclic) bond motifs is 1. The molecule has 2 N–H and O–H groups in total. The van der Waals surface area contributed by atoms with Crippen molar-refractivity contribution in [3.63, 3.8) is 0 Å². The molecule has 0 fully saturated rings. The van der Waals surface area contributed by atoms with Crippen LogP contribution in [0.5, 0.6) is 0 Å². The molecular formula is C10H14N2OS. The summed E-state index contributed by atoms with van der Waals surface area (Å²) < 4.78 is 1.76. The Bertz CT molecular complexity index is 411. The maximum Gasteiger partial charge on any atom is 0.254 e. The molecule has 1 aliphatic rings. The maximum atomic E-state index is 11.7. The normalized spacial score (nSPS) is 15.3. The van der Waals surface area contributed by atoms with E-state index in [2.05, 4.69) is 0 Å². The van der Waals surface area contributed by atoms with Crippen LogP contribution in [0.1, 0.15) is 16.8 Å². The third-order valence-corrected chi connectivity index (χ3v) is 3.67. The SMILES string of the molecule is Cn1c2c(cc(CN)c1=O)CSCC2. The smallest absolute Gasteiger partial charge is 0.254 e. The van der Waals surface area contributed by atoms with E-state index in [0.29, 0.717) is 6.54 Å². The van der Waals surface area contributed by atoms with Crippen LogP contribution in [-0.4, -0.2) is 10.3 Å². The Balaban J connectivity index is 2.63. The first-order valence-electron chi connectivity index (χ1n) is 4.72. The first-order chi connectivity index (χ1) is 6.74. The van der Waals surface area contributed by atoms with Crippen molar-refractivity contribution in [3.8, 4) is 0 Å². The summed E-state index contributed by atoms with van der Waals surface area (Å²) >= 11 is 1.92. The van der Waals surface area contributed by atoms with Gasteiger partial charge in [0, 0.05) is 30.6 Å². The summed E-state index contributed by atoms with van der Waals surface area (Å²) in [6, 6.07) is 1.98. The molecule has 0 saturated heterocycles. The van der Waals surface area contributed by atoms with Crippen molar-refractivity contribution in [1.82, 2.24) is 4.57 Å². The molecule has 0 amide bonds. The van der Waals surface area contributed by atoms with E-state index in [-0.39, 0.29) is 5.56 Å². The Morgan fingerprint density at radius 2 is 2.43 bits per heavy atom. The lowest BCUT2D eigenvalue weighted by Gasteiger charge is -2.19. The van der Waals surface area contributed by atoms with E-state index in [9.17, 15) is 4.79 Å². The van der Waals surface area contributed by atoms with Crippen LogP contribution in [0.3, 0.4) is 0 Å². The Labute approximate surface area is 87.3 Å². The fourth-order valence-electron chi connectivity index (χ4n) is 1.86. The van der Waals surface area contributed by atoms with Gasteiger partial charge in [0.25, 0.3) is 5.56 Å². The second-order valence-corrected chi connectivity index (χ2v) is 4.62. The number of pyridine rings is 1. The van der Waals surface area contributed by atoms with Gasteiger partial charge in [0.2, 0.25) is 0 Å². The molecule has 0 saturated carbocycles. The molecule has 1 aliphatic heterocycles. The van der Waals surface area contributed by atoms with E-state index in [1.54, 1.807) is 4.57 Å². The molecule has 4 heteroatoms. The lowest BCUT2D eigenvalue weighted by atomic mass is 10.1. The summed E-state index contributed by atoms with van der Waals surface area (Å²) in [5.74, 6) is 2.12. The van der Waals surface area contributed by atoms with Crippen LogP contribution in [0.4, 0.5) is 0 Å². The van der Waals surface area contributed by atoms with Crippen LogP contribution in [0.2, 0.25) is 0 Å². The zero-order chi connectivity index (χ0) is 10.1. The van der Waals surface area contributed by atoms with Crippen molar-refractivity contribution in [2.24, 2.45) is 12.8 Å². The average molecular weight is 210 g/mol. The first kappa shape index (κ1) is 9.80. The highest BCUT2D eigenvalue weighted by molar-refractivity contribution is 7.98. The maximum absolute atomic E-state index is 11.7. The fourth-order valence-corrected chi connectivity index (χ4v) is 2.81. The van der Waals surface area contributed by atoms with Crippen molar-refractivity contribution in [3.05, 3.63) is 33.2 Å². The van der Waals surface area contributed by atoms with Crippen molar-refractivity contribution >= 4 is 11.8 Å². The number of rotatable bonds is 1. The average Bonchev–Trinajstić information content (AvgIpc) is 2.23. The van der Waals surface area contributed by atoms with Gasteiger partial charge in [-0.2, -0.15) is 11.8 Å². The Morgan fingerprint density at radius 1 is 1.64 bits per heavy atom. The minimum Gasteiger partial charge on any atom is -0.326 e. The van der Waals surface area contributed by atoms with E-state index in [1.165, 1.54) is 11.3 Å². The van der Waals surface area contributed by atoms with Crippen LogP contribution in [0, 0.1) is 0 Å². The molecule has 2 rings (SSSR count). The molecule has 0 unspecified atom stereocenters. The third kappa shape index (κ3) is 1.48. The third-order valence-electron chi connectivity index (χ3n) is 2.66. The number of hydrogen-bond donors (Lipinski definition) is 1.